The number of aliphatic hydroxyl groups is 1. The summed E-state index contributed by atoms with van der Waals surface area (Å²) < 4.78 is 1.43. The van der Waals surface area contributed by atoms with Crippen LogP contribution in [0, 0.1) is 12.8 Å². The van der Waals surface area contributed by atoms with Crippen LogP contribution in [0.5, 0.6) is 0 Å². The summed E-state index contributed by atoms with van der Waals surface area (Å²) in [4.78, 5) is 11.8. The predicted molar refractivity (Wildman–Crippen MR) is 63.3 cm³/mol. The van der Waals surface area contributed by atoms with Crippen molar-refractivity contribution in [2.24, 2.45) is 5.92 Å². The average molecular weight is 225 g/mol. The molecule has 0 atom stereocenters. The van der Waals surface area contributed by atoms with Crippen molar-refractivity contribution in [2.45, 2.75) is 33.7 Å². The van der Waals surface area contributed by atoms with Crippen molar-refractivity contribution in [1.29, 1.82) is 0 Å². The Morgan fingerprint density at radius 2 is 2.12 bits per heavy atom. The molecule has 3 N–H and O–H groups in total. The van der Waals surface area contributed by atoms with Crippen molar-refractivity contribution in [3.8, 4) is 0 Å². The number of hydrogen-bond acceptors (Lipinski definition) is 4. The average Bonchev–Trinajstić information content (AvgIpc) is 2.21. The lowest BCUT2D eigenvalue weighted by atomic mass is 10.2. The van der Waals surface area contributed by atoms with Crippen LogP contribution in [0.25, 0.3) is 0 Å². The molecule has 0 aliphatic heterocycles. The number of aliphatic hydroxyl groups excluding tert-OH is 1. The van der Waals surface area contributed by atoms with Gasteiger partial charge in [-0.05, 0) is 12.8 Å². The van der Waals surface area contributed by atoms with Gasteiger partial charge in [-0.3, -0.25) is 4.79 Å². The largest absolute Gasteiger partial charge is 0.397 e. The van der Waals surface area contributed by atoms with Gasteiger partial charge in [0.05, 0.1) is 11.4 Å². The Morgan fingerprint density at radius 1 is 1.50 bits per heavy atom. The molecule has 1 aromatic rings. The normalized spacial score (nSPS) is 11.1. The standard InChI is InChI=1S/C11H19N3O2/c1-7(2)6-14-11(16)8(3)10(12)9(13-14)4-5-15/h7,15H,4-6,12H2,1-3H3. The zero-order valence-electron chi connectivity index (χ0n) is 10.0. The van der Waals surface area contributed by atoms with E-state index in [4.69, 9.17) is 10.8 Å². The van der Waals surface area contributed by atoms with E-state index in [2.05, 4.69) is 5.10 Å². The van der Waals surface area contributed by atoms with Gasteiger partial charge in [0.15, 0.2) is 0 Å². The van der Waals surface area contributed by atoms with E-state index < -0.39 is 0 Å². The first-order chi connectivity index (χ1) is 7.47. The molecule has 1 aromatic heterocycles. The highest BCUT2D eigenvalue weighted by molar-refractivity contribution is 5.48. The zero-order chi connectivity index (χ0) is 12.3. The van der Waals surface area contributed by atoms with E-state index in [0.29, 0.717) is 35.8 Å². The van der Waals surface area contributed by atoms with Crippen LogP contribution in [0.1, 0.15) is 25.1 Å². The van der Waals surface area contributed by atoms with Gasteiger partial charge in [0.1, 0.15) is 0 Å². The summed E-state index contributed by atoms with van der Waals surface area (Å²) in [7, 11) is 0. The molecule has 0 radical (unpaired) electrons. The number of nitrogen functional groups attached to an aromatic ring is 1. The van der Waals surface area contributed by atoms with Crippen LogP contribution in [-0.2, 0) is 13.0 Å². The number of anilines is 1. The summed E-state index contributed by atoms with van der Waals surface area (Å²) in [5.41, 5.74) is 7.15. The highest BCUT2D eigenvalue weighted by atomic mass is 16.3. The van der Waals surface area contributed by atoms with E-state index in [1.54, 1.807) is 6.92 Å². The number of nitrogens with two attached hydrogens (primary N) is 1. The van der Waals surface area contributed by atoms with Crippen LogP contribution in [-0.4, -0.2) is 21.5 Å². The lowest BCUT2D eigenvalue weighted by Crippen LogP contribution is -2.29. The van der Waals surface area contributed by atoms with Crippen molar-refractivity contribution < 1.29 is 5.11 Å². The molecule has 0 fully saturated rings. The summed E-state index contributed by atoms with van der Waals surface area (Å²) in [6.45, 7) is 6.28. The molecular formula is C11H19N3O2. The molecule has 0 amide bonds. The number of nitrogens with zero attached hydrogens (tertiary/aromatic N) is 2. The number of rotatable bonds is 4. The third kappa shape index (κ3) is 2.61. The van der Waals surface area contributed by atoms with Gasteiger partial charge >= 0.3 is 0 Å². The molecule has 0 spiro atoms. The smallest absolute Gasteiger partial charge is 0.271 e. The van der Waals surface area contributed by atoms with Gasteiger partial charge in [-0.15, -0.1) is 0 Å². The van der Waals surface area contributed by atoms with Crippen LogP contribution in [0.3, 0.4) is 0 Å². The monoisotopic (exact) mass is 225 g/mol. The second kappa shape index (κ2) is 5.12. The van der Waals surface area contributed by atoms with E-state index >= 15 is 0 Å². The molecule has 90 valence electrons. The minimum Gasteiger partial charge on any atom is -0.397 e. The van der Waals surface area contributed by atoms with Crippen molar-refractivity contribution in [1.82, 2.24) is 9.78 Å². The van der Waals surface area contributed by atoms with E-state index in [-0.39, 0.29) is 12.2 Å². The van der Waals surface area contributed by atoms with Gasteiger partial charge in [0, 0.05) is 25.1 Å². The molecule has 0 bridgehead atoms. The zero-order valence-corrected chi connectivity index (χ0v) is 10.0. The maximum absolute atomic E-state index is 11.8. The fourth-order valence-corrected chi connectivity index (χ4v) is 1.53. The van der Waals surface area contributed by atoms with Gasteiger partial charge in [0.25, 0.3) is 5.56 Å². The van der Waals surface area contributed by atoms with Crippen LogP contribution in [0.2, 0.25) is 0 Å². The summed E-state index contributed by atoms with van der Waals surface area (Å²) in [5, 5.41) is 13.1. The number of hydrogen-bond donors (Lipinski definition) is 2. The fraction of sp³-hybridized carbons (Fsp3) is 0.636. The molecular weight excluding hydrogens is 206 g/mol. The van der Waals surface area contributed by atoms with Crippen LogP contribution in [0.15, 0.2) is 4.79 Å². The molecule has 0 aromatic carbocycles. The van der Waals surface area contributed by atoms with Gasteiger partial charge in [-0.2, -0.15) is 5.10 Å². The maximum atomic E-state index is 11.8. The summed E-state index contributed by atoms with van der Waals surface area (Å²) in [6.07, 6.45) is 0.380. The quantitative estimate of drug-likeness (QED) is 0.773. The van der Waals surface area contributed by atoms with Gasteiger partial charge < -0.3 is 10.8 Å². The van der Waals surface area contributed by atoms with E-state index in [1.165, 1.54) is 4.68 Å². The van der Waals surface area contributed by atoms with Crippen molar-refractivity contribution in [3.05, 3.63) is 21.6 Å². The molecule has 1 heterocycles. The van der Waals surface area contributed by atoms with Crippen LogP contribution < -0.4 is 11.3 Å². The molecule has 5 nitrogen and oxygen atoms in total. The van der Waals surface area contributed by atoms with Gasteiger partial charge in [-0.1, -0.05) is 13.8 Å². The summed E-state index contributed by atoms with van der Waals surface area (Å²) >= 11 is 0. The van der Waals surface area contributed by atoms with Crippen molar-refractivity contribution in [3.63, 3.8) is 0 Å². The molecule has 0 aliphatic carbocycles. The Kier molecular flexibility index (Phi) is 4.06. The highest BCUT2D eigenvalue weighted by Crippen LogP contribution is 2.11. The topological polar surface area (TPSA) is 81.1 Å². The van der Waals surface area contributed by atoms with Crippen molar-refractivity contribution in [2.75, 3.05) is 12.3 Å². The van der Waals surface area contributed by atoms with Gasteiger partial charge in [-0.25, -0.2) is 4.68 Å². The maximum Gasteiger partial charge on any atom is 0.271 e. The minimum atomic E-state index is -0.145. The Hall–Kier alpha value is -1.36. The Bertz CT molecular complexity index is 424. The second-order valence-corrected chi connectivity index (χ2v) is 4.34. The third-order valence-electron chi connectivity index (χ3n) is 2.40. The molecule has 1 rings (SSSR count). The molecule has 0 unspecified atom stereocenters. The molecule has 0 saturated heterocycles. The SMILES string of the molecule is Cc1c(N)c(CCO)nn(CC(C)C)c1=O. The lowest BCUT2D eigenvalue weighted by molar-refractivity contribution is 0.296. The lowest BCUT2D eigenvalue weighted by Gasteiger charge is -2.12. The van der Waals surface area contributed by atoms with Gasteiger partial charge in [0.2, 0.25) is 0 Å². The molecule has 16 heavy (non-hydrogen) atoms. The van der Waals surface area contributed by atoms with E-state index in [1.807, 2.05) is 13.8 Å². The molecule has 5 heteroatoms. The second-order valence-electron chi connectivity index (χ2n) is 4.34. The first-order valence-electron chi connectivity index (χ1n) is 5.44. The first-order valence-corrected chi connectivity index (χ1v) is 5.44. The Labute approximate surface area is 94.9 Å². The van der Waals surface area contributed by atoms with Crippen molar-refractivity contribution >= 4 is 5.69 Å². The van der Waals surface area contributed by atoms with E-state index in [0.717, 1.165) is 0 Å². The molecule has 0 saturated carbocycles. The third-order valence-corrected chi connectivity index (χ3v) is 2.40. The predicted octanol–water partition coefficient (Wildman–Crippen LogP) is 0.325. The Balaban J connectivity index is 3.24. The summed E-state index contributed by atoms with van der Waals surface area (Å²) in [5.74, 6) is 0.343. The Morgan fingerprint density at radius 3 is 2.62 bits per heavy atom. The highest BCUT2D eigenvalue weighted by Gasteiger charge is 2.11. The fourth-order valence-electron chi connectivity index (χ4n) is 1.53. The first kappa shape index (κ1) is 12.7. The van der Waals surface area contributed by atoms with E-state index in [9.17, 15) is 4.79 Å². The molecule has 0 aliphatic rings. The van der Waals surface area contributed by atoms with Crippen LogP contribution >= 0.6 is 0 Å². The van der Waals surface area contributed by atoms with Crippen LogP contribution in [0.4, 0.5) is 5.69 Å². The number of aromatic nitrogens is 2. The summed E-state index contributed by atoms with van der Waals surface area (Å²) in [6, 6.07) is 0. The minimum absolute atomic E-state index is 0.0173.